The third-order valence-electron chi connectivity index (χ3n) is 8.05. The van der Waals surface area contributed by atoms with Gasteiger partial charge in [0.25, 0.3) is 5.91 Å². The Morgan fingerprint density at radius 3 is 2.48 bits per heavy atom. The van der Waals surface area contributed by atoms with E-state index in [1.165, 1.54) is 39.0 Å². The number of carbonyl (C=O) groups is 2. The molecule has 1 fully saturated rings. The van der Waals surface area contributed by atoms with Crippen LogP contribution >= 0.6 is 11.6 Å². The van der Waals surface area contributed by atoms with Crippen molar-refractivity contribution in [1.82, 2.24) is 9.80 Å². The van der Waals surface area contributed by atoms with E-state index in [4.69, 9.17) is 21.1 Å². The van der Waals surface area contributed by atoms with E-state index in [-0.39, 0.29) is 41.9 Å². The fourth-order valence-corrected chi connectivity index (χ4v) is 5.63. The first-order valence-electron chi connectivity index (χ1n) is 14.3. The molecular formula is C32H32ClF4N3O4. The van der Waals surface area contributed by atoms with Crippen molar-refractivity contribution in [2.24, 2.45) is 0 Å². The SMILES string of the molecule is C[C@H]1c2ccc(C(=O)N(CCOC3CCCCO3)Cc3c(F)cc(F)cc3F)cc2N(Cc2c(F)cccc2Cl)C(=O)N1C. The Hall–Kier alpha value is -3.67. The van der Waals surface area contributed by atoms with Crippen LogP contribution in [0.15, 0.2) is 48.5 Å². The number of amides is 3. The van der Waals surface area contributed by atoms with Crippen molar-refractivity contribution in [3.8, 4) is 0 Å². The second-order valence-corrected chi connectivity index (χ2v) is 11.3. The highest BCUT2D eigenvalue weighted by molar-refractivity contribution is 6.31. The van der Waals surface area contributed by atoms with E-state index in [9.17, 15) is 27.2 Å². The summed E-state index contributed by atoms with van der Waals surface area (Å²) >= 11 is 6.27. The van der Waals surface area contributed by atoms with Crippen LogP contribution in [0, 0.1) is 23.3 Å². The van der Waals surface area contributed by atoms with E-state index in [1.54, 1.807) is 19.2 Å². The van der Waals surface area contributed by atoms with Crippen LogP contribution in [-0.2, 0) is 22.6 Å². The predicted molar refractivity (Wildman–Crippen MR) is 156 cm³/mol. The molecule has 2 aliphatic rings. The first-order chi connectivity index (χ1) is 21.0. The van der Waals surface area contributed by atoms with Crippen LogP contribution in [0.1, 0.15) is 59.3 Å². The molecule has 2 heterocycles. The molecule has 0 spiro atoms. The van der Waals surface area contributed by atoms with E-state index in [1.807, 2.05) is 6.92 Å². The minimum absolute atomic E-state index is 0.0179. The van der Waals surface area contributed by atoms with Crippen LogP contribution < -0.4 is 4.90 Å². The van der Waals surface area contributed by atoms with Gasteiger partial charge in [0, 0.05) is 54.0 Å². The lowest BCUT2D eigenvalue weighted by molar-refractivity contribution is -0.163. The number of hydrogen-bond acceptors (Lipinski definition) is 4. The summed E-state index contributed by atoms with van der Waals surface area (Å²) in [5, 5.41) is 0.143. The molecule has 2 atom stereocenters. The number of anilines is 1. The molecule has 3 aromatic carbocycles. The number of carbonyl (C=O) groups excluding carboxylic acids is 2. The smallest absolute Gasteiger partial charge is 0.325 e. The second kappa shape index (κ2) is 13.5. The Kier molecular flexibility index (Phi) is 9.77. The molecule has 3 amide bonds. The molecule has 234 valence electrons. The van der Waals surface area contributed by atoms with Gasteiger partial charge in [-0.1, -0.05) is 23.7 Å². The summed E-state index contributed by atoms with van der Waals surface area (Å²) in [7, 11) is 1.62. The molecule has 0 saturated carbocycles. The maximum Gasteiger partial charge on any atom is 0.325 e. The number of halogens is 5. The molecular weight excluding hydrogens is 602 g/mol. The predicted octanol–water partition coefficient (Wildman–Crippen LogP) is 7.22. The molecule has 5 rings (SSSR count). The van der Waals surface area contributed by atoms with Gasteiger partial charge in [-0.2, -0.15) is 0 Å². The zero-order chi connectivity index (χ0) is 31.5. The van der Waals surface area contributed by atoms with Gasteiger partial charge in [-0.05, 0) is 56.0 Å². The molecule has 44 heavy (non-hydrogen) atoms. The maximum absolute atomic E-state index is 14.7. The molecule has 0 radical (unpaired) electrons. The van der Waals surface area contributed by atoms with Crippen molar-refractivity contribution >= 4 is 29.2 Å². The van der Waals surface area contributed by atoms with E-state index >= 15 is 0 Å². The van der Waals surface area contributed by atoms with Crippen molar-refractivity contribution in [2.75, 3.05) is 31.7 Å². The second-order valence-electron chi connectivity index (χ2n) is 10.9. The van der Waals surface area contributed by atoms with Crippen molar-refractivity contribution in [2.45, 2.75) is 51.6 Å². The minimum atomic E-state index is -1.13. The van der Waals surface area contributed by atoms with Gasteiger partial charge in [-0.15, -0.1) is 0 Å². The van der Waals surface area contributed by atoms with Gasteiger partial charge < -0.3 is 19.3 Å². The Morgan fingerprint density at radius 2 is 1.80 bits per heavy atom. The van der Waals surface area contributed by atoms with Gasteiger partial charge in [0.2, 0.25) is 0 Å². The van der Waals surface area contributed by atoms with Gasteiger partial charge >= 0.3 is 6.03 Å². The molecule has 0 bridgehead atoms. The first kappa shape index (κ1) is 31.7. The highest BCUT2D eigenvalue weighted by Crippen LogP contribution is 2.38. The Morgan fingerprint density at radius 1 is 1.05 bits per heavy atom. The summed E-state index contributed by atoms with van der Waals surface area (Å²) in [4.78, 5) is 31.4. The summed E-state index contributed by atoms with van der Waals surface area (Å²) in [6, 6.07) is 9.30. The Balaban J connectivity index is 1.47. The van der Waals surface area contributed by atoms with E-state index in [0.29, 0.717) is 36.4 Å². The van der Waals surface area contributed by atoms with Crippen LogP contribution in [0.5, 0.6) is 0 Å². The number of benzene rings is 3. The molecule has 0 N–H and O–H groups in total. The third kappa shape index (κ3) is 6.69. The fraction of sp³-hybridized carbons (Fsp3) is 0.375. The number of ether oxygens (including phenoxy) is 2. The highest BCUT2D eigenvalue weighted by atomic mass is 35.5. The van der Waals surface area contributed by atoms with Crippen LogP contribution in [0.3, 0.4) is 0 Å². The average molecular weight is 634 g/mol. The summed E-state index contributed by atoms with van der Waals surface area (Å²) in [5.74, 6) is -4.52. The molecule has 7 nitrogen and oxygen atoms in total. The zero-order valence-corrected chi connectivity index (χ0v) is 25.1. The number of urea groups is 1. The zero-order valence-electron chi connectivity index (χ0n) is 24.3. The summed E-state index contributed by atoms with van der Waals surface area (Å²) < 4.78 is 69.0. The molecule has 1 saturated heterocycles. The van der Waals surface area contributed by atoms with Crippen molar-refractivity contribution in [1.29, 1.82) is 0 Å². The van der Waals surface area contributed by atoms with Crippen LogP contribution in [0.25, 0.3) is 0 Å². The number of nitrogens with zero attached hydrogens (tertiary/aromatic N) is 3. The van der Waals surface area contributed by atoms with E-state index in [0.717, 1.165) is 12.8 Å². The Labute approximate surface area is 257 Å². The minimum Gasteiger partial charge on any atom is -0.353 e. The van der Waals surface area contributed by atoms with Crippen LogP contribution in [-0.4, -0.2) is 54.8 Å². The molecule has 3 aromatic rings. The quantitative estimate of drug-likeness (QED) is 0.234. The molecule has 1 unspecified atom stereocenters. The van der Waals surface area contributed by atoms with Gasteiger partial charge in [0.1, 0.15) is 23.3 Å². The number of rotatable bonds is 9. The van der Waals surface area contributed by atoms with Gasteiger partial charge in [0.05, 0.1) is 31.4 Å². The molecule has 12 heteroatoms. The maximum atomic E-state index is 14.7. The largest absolute Gasteiger partial charge is 0.353 e. The number of hydrogen-bond donors (Lipinski definition) is 0. The van der Waals surface area contributed by atoms with Crippen molar-refractivity contribution in [3.05, 3.63) is 99.1 Å². The summed E-state index contributed by atoms with van der Waals surface area (Å²) in [6.07, 6.45) is 2.08. The molecule has 2 aliphatic heterocycles. The lowest BCUT2D eigenvalue weighted by atomic mass is 9.98. The van der Waals surface area contributed by atoms with Gasteiger partial charge in [-0.25, -0.2) is 22.4 Å². The van der Waals surface area contributed by atoms with Crippen molar-refractivity contribution < 1.29 is 36.6 Å². The normalized spacial score (nSPS) is 18.4. The molecule has 0 aromatic heterocycles. The monoisotopic (exact) mass is 633 g/mol. The summed E-state index contributed by atoms with van der Waals surface area (Å²) in [5.41, 5.74) is 0.828. The van der Waals surface area contributed by atoms with Crippen LogP contribution in [0.4, 0.5) is 28.0 Å². The standard InChI is InChI=1S/C32H32ClF4N3O4/c1-19-22-10-9-20(14-29(22)40(32(42)38(19)2)18-23-25(33)6-5-7-26(23)35)31(41)39(11-13-44-30-8-3-4-12-43-30)17-24-27(36)15-21(34)16-28(24)37/h5-7,9-10,14-16,19,30H,3-4,8,11-13,17-18H2,1-2H3/t19-,30?/m0/s1. The average Bonchev–Trinajstić information content (AvgIpc) is 3.00. The first-order valence-corrected chi connectivity index (χ1v) is 14.7. The summed E-state index contributed by atoms with van der Waals surface area (Å²) in [6.45, 7) is 1.63. The Bertz CT molecular complexity index is 1510. The van der Waals surface area contributed by atoms with Crippen LogP contribution in [0.2, 0.25) is 5.02 Å². The highest BCUT2D eigenvalue weighted by Gasteiger charge is 2.35. The van der Waals surface area contributed by atoms with Gasteiger partial charge in [0.15, 0.2) is 6.29 Å². The lowest BCUT2D eigenvalue weighted by Gasteiger charge is -2.40. The molecule has 0 aliphatic carbocycles. The topological polar surface area (TPSA) is 62.3 Å². The van der Waals surface area contributed by atoms with Crippen molar-refractivity contribution in [3.63, 3.8) is 0 Å². The van der Waals surface area contributed by atoms with E-state index < -0.39 is 53.6 Å². The van der Waals surface area contributed by atoms with E-state index in [2.05, 4.69) is 0 Å². The number of fused-ring (bicyclic) bond motifs is 1. The van der Waals surface area contributed by atoms with Gasteiger partial charge in [-0.3, -0.25) is 9.69 Å². The third-order valence-corrected chi connectivity index (χ3v) is 8.41. The fourth-order valence-electron chi connectivity index (χ4n) is 5.41. The lowest BCUT2D eigenvalue weighted by Crippen LogP contribution is -2.46.